The highest BCUT2D eigenvalue weighted by Crippen LogP contribution is 2.10. The molecule has 0 fully saturated rings. The van der Waals surface area contributed by atoms with Gasteiger partial charge in [-0.1, -0.05) is 0 Å². The molecule has 0 aromatic carbocycles. The highest BCUT2D eigenvalue weighted by atomic mass is 19.1. The first-order valence-electron chi connectivity index (χ1n) is 4.81. The molecule has 1 rings (SSSR count). The summed E-state index contributed by atoms with van der Waals surface area (Å²) in [6.45, 7) is 1.74. The van der Waals surface area contributed by atoms with E-state index >= 15 is 0 Å². The van der Waals surface area contributed by atoms with Crippen LogP contribution in [0.3, 0.4) is 0 Å². The van der Waals surface area contributed by atoms with Gasteiger partial charge in [0.25, 0.3) is 5.91 Å². The largest absolute Gasteiger partial charge is 0.338 e. The average Bonchev–Trinajstić information content (AvgIpc) is 2.28. The molecule has 1 atom stereocenters. The van der Waals surface area contributed by atoms with Crippen LogP contribution in [0, 0.1) is 17.1 Å². The lowest BCUT2D eigenvalue weighted by Crippen LogP contribution is -2.35. The predicted molar refractivity (Wildman–Crippen MR) is 56.0 cm³/mol. The number of pyridine rings is 1. The van der Waals surface area contributed by atoms with Crippen molar-refractivity contribution >= 4 is 5.91 Å². The molecule has 0 aliphatic carbocycles. The molecule has 1 heterocycles. The van der Waals surface area contributed by atoms with Crippen molar-refractivity contribution in [1.82, 2.24) is 9.88 Å². The van der Waals surface area contributed by atoms with E-state index < -0.39 is 11.7 Å². The summed E-state index contributed by atoms with van der Waals surface area (Å²) in [6, 6.07) is 3.05. The monoisotopic (exact) mass is 221 g/mol. The summed E-state index contributed by atoms with van der Waals surface area (Å²) in [4.78, 5) is 16.7. The number of hydrogen-bond acceptors (Lipinski definition) is 3. The van der Waals surface area contributed by atoms with Gasteiger partial charge in [-0.25, -0.2) is 4.39 Å². The maximum absolute atomic E-state index is 13.3. The Bertz CT molecular complexity index is 427. The number of halogens is 1. The SMILES string of the molecule is CC(CC#N)N(C)C(=O)c1ccncc1F. The lowest BCUT2D eigenvalue weighted by atomic mass is 10.1. The number of hydrogen-bond donors (Lipinski definition) is 0. The Hall–Kier alpha value is -1.96. The van der Waals surface area contributed by atoms with Gasteiger partial charge in [0.15, 0.2) is 5.82 Å². The molecule has 84 valence electrons. The molecule has 0 spiro atoms. The number of nitrogens with zero attached hydrogens (tertiary/aromatic N) is 3. The molecule has 1 aromatic heterocycles. The Morgan fingerprint density at radius 1 is 1.75 bits per heavy atom. The third-order valence-corrected chi connectivity index (χ3v) is 2.37. The Balaban J connectivity index is 2.87. The predicted octanol–water partition coefficient (Wildman–Crippen LogP) is 1.59. The zero-order valence-electron chi connectivity index (χ0n) is 9.14. The molecule has 0 saturated heterocycles. The van der Waals surface area contributed by atoms with Crippen molar-refractivity contribution in [2.24, 2.45) is 0 Å². The molecule has 0 radical (unpaired) electrons. The summed E-state index contributed by atoms with van der Waals surface area (Å²) in [5.74, 6) is -1.09. The van der Waals surface area contributed by atoms with Crippen molar-refractivity contribution < 1.29 is 9.18 Å². The fraction of sp³-hybridized carbons (Fsp3) is 0.364. The van der Waals surface area contributed by atoms with Crippen molar-refractivity contribution in [3.8, 4) is 6.07 Å². The van der Waals surface area contributed by atoms with E-state index in [2.05, 4.69) is 4.98 Å². The van der Waals surface area contributed by atoms with Crippen LogP contribution in [0.25, 0.3) is 0 Å². The number of rotatable bonds is 3. The molecule has 0 aliphatic heterocycles. The first-order chi connectivity index (χ1) is 7.57. The first-order valence-corrected chi connectivity index (χ1v) is 4.81. The second-order valence-corrected chi connectivity index (χ2v) is 3.48. The molecule has 1 amide bonds. The van der Waals surface area contributed by atoms with Gasteiger partial charge in [-0.3, -0.25) is 9.78 Å². The summed E-state index contributed by atoms with van der Waals surface area (Å²) < 4.78 is 13.3. The van der Waals surface area contributed by atoms with Crippen molar-refractivity contribution in [3.05, 3.63) is 29.8 Å². The third-order valence-electron chi connectivity index (χ3n) is 2.37. The van der Waals surface area contributed by atoms with Crippen LogP contribution < -0.4 is 0 Å². The van der Waals surface area contributed by atoms with Gasteiger partial charge in [0.2, 0.25) is 0 Å². The zero-order chi connectivity index (χ0) is 12.1. The van der Waals surface area contributed by atoms with Gasteiger partial charge in [-0.05, 0) is 13.0 Å². The van der Waals surface area contributed by atoms with E-state index in [0.717, 1.165) is 6.20 Å². The Labute approximate surface area is 93.3 Å². The van der Waals surface area contributed by atoms with Gasteiger partial charge < -0.3 is 4.90 Å². The van der Waals surface area contributed by atoms with E-state index in [1.165, 1.54) is 17.2 Å². The minimum absolute atomic E-state index is 0.0257. The van der Waals surface area contributed by atoms with Crippen LogP contribution in [0.2, 0.25) is 0 Å². The van der Waals surface area contributed by atoms with Gasteiger partial charge in [-0.2, -0.15) is 5.26 Å². The van der Waals surface area contributed by atoms with E-state index in [0.29, 0.717) is 0 Å². The highest BCUT2D eigenvalue weighted by Gasteiger charge is 2.19. The van der Waals surface area contributed by atoms with Gasteiger partial charge in [0, 0.05) is 19.3 Å². The maximum atomic E-state index is 13.3. The minimum Gasteiger partial charge on any atom is -0.338 e. The number of nitriles is 1. The molecule has 4 nitrogen and oxygen atoms in total. The molecule has 0 N–H and O–H groups in total. The standard InChI is InChI=1S/C11H12FN3O/c1-8(3-5-13)15(2)11(16)9-4-6-14-7-10(9)12/h4,6-8H,3H2,1-2H3. The zero-order valence-corrected chi connectivity index (χ0v) is 9.14. The molecule has 1 unspecified atom stereocenters. The second kappa shape index (κ2) is 5.21. The lowest BCUT2D eigenvalue weighted by molar-refractivity contribution is 0.0741. The number of aromatic nitrogens is 1. The quantitative estimate of drug-likeness (QED) is 0.778. The number of carbonyl (C=O) groups is 1. The van der Waals surface area contributed by atoms with Crippen molar-refractivity contribution in [2.45, 2.75) is 19.4 Å². The van der Waals surface area contributed by atoms with Crippen LogP contribution in [0.4, 0.5) is 4.39 Å². The summed E-state index contributed by atoms with van der Waals surface area (Å²) in [5, 5.41) is 8.52. The van der Waals surface area contributed by atoms with Crippen LogP contribution in [0.15, 0.2) is 18.5 Å². The van der Waals surface area contributed by atoms with Crippen LogP contribution in [-0.2, 0) is 0 Å². The van der Waals surface area contributed by atoms with E-state index in [9.17, 15) is 9.18 Å². The van der Waals surface area contributed by atoms with E-state index in [-0.39, 0.29) is 18.0 Å². The molecule has 5 heteroatoms. The first kappa shape index (κ1) is 12.1. The molecular weight excluding hydrogens is 209 g/mol. The van der Waals surface area contributed by atoms with Crippen LogP contribution in [0.5, 0.6) is 0 Å². The van der Waals surface area contributed by atoms with Gasteiger partial charge in [0.1, 0.15) is 0 Å². The molecule has 0 aliphatic rings. The fourth-order valence-electron chi connectivity index (χ4n) is 1.21. The highest BCUT2D eigenvalue weighted by molar-refractivity contribution is 5.94. The number of carbonyl (C=O) groups excluding carboxylic acids is 1. The smallest absolute Gasteiger partial charge is 0.256 e. The Morgan fingerprint density at radius 2 is 2.44 bits per heavy atom. The number of amides is 1. The van der Waals surface area contributed by atoms with Gasteiger partial charge in [0.05, 0.1) is 24.3 Å². The van der Waals surface area contributed by atoms with E-state index in [1.807, 2.05) is 6.07 Å². The summed E-state index contributed by atoms with van der Waals surface area (Å²) >= 11 is 0. The summed E-state index contributed by atoms with van der Waals surface area (Å²) in [7, 11) is 1.55. The maximum Gasteiger partial charge on any atom is 0.256 e. The topological polar surface area (TPSA) is 57.0 Å². The van der Waals surface area contributed by atoms with E-state index in [1.54, 1.807) is 14.0 Å². The van der Waals surface area contributed by atoms with Gasteiger partial charge in [-0.15, -0.1) is 0 Å². The summed E-state index contributed by atoms with van der Waals surface area (Å²) in [5.41, 5.74) is -0.0257. The minimum atomic E-state index is -0.650. The van der Waals surface area contributed by atoms with Crippen molar-refractivity contribution in [2.75, 3.05) is 7.05 Å². The van der Waals surface area contributed by atoms with E-state index in [4.69, 9.17) is 5.26 Å². The third kappa shape index (κ3) is 2.54. The second-order valence-electron chi connectivity index (χ2n) is 3.48. The van der Waals surface area contributed by atoms with Crippen LogP contribution in [-0.4, -0.2) is 28.9 Å². The Kier molecular flexibility index (Phi) is 3.95. The average molecular weight is 221 g/mol. The van der Waals surface area contributed by atoms with Crippen LogP contribution >= 0.6 is 0 Å². The van der Waals surface area contributed by atoms with Crippen molar-refractivity contribution in [3.63, 3.8) is 0 Å². The molecular formula is C11H12FN3O. The molecule has 1 aromatic rings. The Morgan fingerprint density at radius 3 is 3.00 bits per heavy atom. The normalized spacial score (nSPS) is 11.6. The molecule has 0 saturated carbocycles. The summed E-state index contributed by atoms with van der Waals surface area (Å²) in [6.07, 6.45) is 2.57. The van der Waals surface area contributed by atoms with Gasteiger partial charge >= 0.3 is 0 Å². The fourth-order valence-corrected chi connectivity index (χ4v) is 1.21. The lowest BCUT2D eigenvalue weighted by Gasteiger charge is -2.22. The van der Waals surface area contributed by atoms with Crippen molar-refractivity contribution in [1.29, 1.82) is 5.26 Å². The van der Waals surface area contributed by atoms with Crippen LogP contribution in [0.1, 0.15) is 23.7 Å². The molecule has 16 heavy (non-hydrogen) atoms. The molecule has 0 bridgehead atoms.